The molecule has 0 unspecified atom stereocenters. The first kappa shape index (κ1) is 14.2. The van der Waals surface area contributed by atoms with E-state index in [0.29, 0.717) is 6.42 Å². The maximum atomic E-state index is 8.81. The Kier molecular flexibility index (Phi) is 3.32. The van der Waals surface area contributed by atoms with Gasteiger partial charge in [-0.3, -0.25) is 0 Å². The van der Waals surface area contributed by atoms with Gasteiger partial charge in [-0.1, -0.05) is 12.1 Å². The van der Waals surface area contributed by atoms with Gasteiger partial charge in [-0.2, -0.15) is 10.4 Å². The third-order valence-corrected chi connectivity index (χ3v) is 4.00. The van der Waals surface area contributed by atoms with Crippen LogP contribution in [0.15, 0.2) is 49.2 Å². The Morgan fingerprint density at radius 3 is 3.00 bits per heavy atom. The number of hydrogen-bond donors (Lipinski definition) is 1. The zero-order chi connectivity index (χ0) is 16.5. The fraction of sp³-hybridized carbons (Fsp3) is 0.111. The predicted molar refractivity (Wildman–Crippen MR) is 90.5 cm³/mol. The molecule has 1 N–H and O–H groups in total. The molecule has 0 atom stereocenters. The predicted octanol–water partition coefficient (Wildman–Crippen LogP) is 3.19. The molecule has 1 aromatic carbocycles. The number of rotatable bonds is 3. The molecule has 0 aliphatic carbocycles. The average Bonchev–Trinajstić information content (AvgIpc) is 3.24. The third-order valence-electron chi connectivity index (χ3n) is 4.00. The van der Waals surface area contributed by atoms with Crippen LogP contribution in [-0.2, 0) is 6.42 Å². The van der Waals surface area contributed by atoms with Crippen molar-refractivity contribution < 1.29 is 0 Å². The van der Waals surface area contributed by atoms with E-state index < -0.39 is 0 Å². The minimum atomic E-state index is 0.415. The Morgan fingerprint density at radius 2 is 2.17 bits per heavy atom. The lowest BCUT2D eigenvalue weighted by atomic mass is 10.1. The maximum Gasteiger partial charge on any atom is 0.141 e. The van der Waals surface area contributed by atoms with Crippen molar-refractivity contribution in [1.82, 2.24) is 24.7 Å². The average molecular weight is 314 g/mol. The van der Waals surface area contributed by atoms with E-state index in [9.17, 15) is 0 Å². The van der Waals surface area contributed by atoms with E-state index in [0.717, 1.165) is 39.1 Å². The summed E-state index contributed by atoms with van der Waals surface area (Å²) in [7, 11) is 0. The third kappa shape index (κ3) is 2.32. The molecule has 0 saturated carbocycles. The lowest BCUT2D eigenvalue weighted by Gasteiger charge is -2.07. The summed E-state index contributed by atoms with van der Waals surface area (Å²) in [5, 5.41) is 14.3. The van der Waals surface area contributed by atoms with Gasteiger partial charge in [-0.05, 0) is 30.2 Å². The molecule has 0 spiro atoms. The van der Waals surface area contributed by atoms with Gasteiger partial charge in [0, 0.05) is 23.3 Å². The van der Waals surface area contributed by atoms with Crippen molar-refractivity contribution in [3.63, 3.8) is 0 Å². The number of aromatic nitrogens is 5. The molecule has 3 aromatic heterocycles. The van der Waals surface area contributed by atoms with Crippen LogP contribution in [0, 0.1) is 18.3 Å². The van der Waals surface area contributed by atoms with Crippen LogP contribution < -0.4 is 0 Å². The van der Waals surface area contributed by atoms with E-state index >= 15 is 0 Å². The molecule has 0 aliphatic rings. The summed E-state index contributed by atoms with van der Waals surface area (Å²) in [6.45, 7) is 2.02. The van der Waals surface area contributed by atoms with Crippen LogP contribution in [0.2, 0.25) is 0 Å². The summed E-state index contributed by atoms with van der Waals surface area (Å²) in [6.07, 6.45) is 7.58. The quantitative estimate of drug-likeness (QED) is 0.629. The van der Waals surface area contributed by atoms with Crippen LogP contribution in [-0.4, -0.2) is 24.7 Å². The lowest BCUT2D eigenvalue weighted by Crippen LogP contribution is -1.98. The van der Waals surface area contributed by atoms with E-state index in [-0.39, 0.29) is 0 Å². The number of aromatic amines is 1. The highest BCUT2D eigenvalue weighted by molar-refractivity contribution is 5.90. The number of benzene rings is 1. The summed E-state index contributed by atoms with van der Waals surface area (Å²) >= 11 is 0. The van der Waals surface area contributed by atoms with Crippen LogP contribution in [0.4, 0.5) is 0 Å². The van der Waals surface area contributed by atoms with Gasteiger partial charge in [0.2, 0.25) is 0 Å². The molecule has 4 rings (SSSR count). The van der Waals surface area contributed by atoms with Crippen molar-refractivity contribution in [2.75, 3.05) is 0 Å². The van der Waals surface area contributed by atoms with Crippen molar-refractivity contribution in [1.29, 1.82) is 5.26 Å². The Hall–Kier alpha value is -3.46. The van der Waals surface area contributed by atoms with Crippen LogP contribution in [0.3, 0.4) is 0 Å². The van der Waals surface area contributed by atoms with Gasteiger partial charge in [0.1, 0.15) is 12.0 Å². The standard InChI is InChI=1S/C18H14N6/c1-12-8-13(4-6-19)2-3-16(12)24-10-14(9-23-24)17-15-5-7-20-18(15)22-11-21-17/h2-3,5,7-11H,4H2,1H3,(H,20,21,22). The van der Waals surface area contributed by atoms with Gasteiger partial charge in [-0.25, -0.2) is 14.6 Å². The Bertz CT molecular complexity index is 1070. The zero-order valence-corrected chi connectivity index (χ0v) is 13.1. The molecule has 6 nitrogen and oxygen atoms in total. The Labute approximate surface area is 138 Å². The molecule has 0 aliphatic heterocycles. The van der Waals surface area contributed by atoms with Gasteiger partial charge >= 0.3 is 0 Å². The van der Waals surface area contributed by atoms with Crippen molar-refractivity contribution in [3.05, 3.63) is 60.3 Å². The van der Waals surface area contributed by atoms with Gasteiger partial charge in [0.25, 0.3) is 0 Å². The van der Waals surface area contributed by atoms with Crippen LogP contribution in [0.1, 0.15) is 11.1 Å². The Balaban J connectivity index is 1.76. The van der Waals surface area contributed by atoms with Gasteiger partial charge in [0.15, 0.2) is 0 Å². The van der Waals surface area contributed by atoms with E-state index in [4.69, 9.17) is 5.26 Å². The first-order valence-corrected chi connectivity index (χ1v) is 7.56. The lowest BCUT2D eigenvalue weighted by molar-refractivity contribution is 0.871. The molecule has 0 radical (unpaired) electrons. The SMILES string of the molecule is Cc1cc(CC#N)ccc1-n1cc(-c2ncnc3[nH]ccc23)cn1. The summed E-state index contributed by atoms with van der Waals surface area (Å²) in [6, 6.07) is 10.1. The molecule has 4 aromatic rings. The second-order valence-corrected chi connectivity index (χ2v) is 5.59. The molecule has 0 bridgehead atoms. The Morgan fingerprint density at radius 1 is 1.25 bits per heavy atom. The second kappa shape index (κ2) is 5.63. The van der Waals surface area contributed by atoms with Crippen LogP contribution in [0.25, 0.3) is 28.0 Å². The number of nitrogens with zero attached hydrogens (tertiary/aromatic N) is 5. The minimum Gasteiger partial charge on any atom is -0.346 e. The first-order chi connectivity index (χ1) is 11.8. The van der Waals surface area contributed by atoms with E-state index in [1.807, 2.05) is 48.3 Å². The largest absolute Gasteiger partial charge is 0.346 e. The summed E-state index contributed by atoms with van der Waals surface area (Å²) < 4.78 is 1.83. The molecular weight excluding hydrogens is 300 g/mol. The van der Waals surface area contributed by atoms with Crippen molar-refractivity contribution >= 4 is 11.0 Å². The van der Waals surface area contributed by atoms with Crippen LogP contribution >= 0.6 is 0 Å². The highest BCUT2D eigenvalue weighted by Crippen LogP contribution is 2.25. The van der Waals surface area contributed by atoms with Crippen molar-refractivity contribution in [3.8, 4) is 23.0 Å². The van der Waals surface area contributed by atoms with E-state index in [2.05, 4.69) is 26.1 Å². The fourth-order valence-corrected chi connectivity index (χ4v) is 2.86. The van der Waals surface area contributed by atoms with E-state index in [1.54, 1.807) is 12.5 Å². The second-order valence-electron chi connectivity index (χ2n) is 5.59. The number of aryl methyl sites for hydroxylation is 1. The van der Waals surface area contributed by atoms with Crippen molar-refractivity contribution in [2.24, 2.45) is 0 Å². The van der Waals surface area contributed by atoms with Crippen molar-refractivity contribution in [2.45, 2.75) is 13.3 Å². The monoisotopic (exact) mass is 314 g/mol. The summed E-state index contributed by atoms with van der Waals surface area (Å²) in [5.41, 5.74) is 5.67. The van der Waals surface area contributed by atoms with Crippen LogP contribution in [0.5, 0.6) is 0 Å². The zero-order valence-electron chi connectivity index (χ0n) is 13.1. The molecule has 3 heterocycles. The number of fused-ring (bicyclic) bond motifs is 1. The highest BCUT2D eigenvalue weighted by atomic mass is 15.3. The molecule has 116 valence electrons. The summed E-state index contributed by atoms with van der Waals surface area (Å²) in [5.74, 6) is 0. The number of nitrogens with one attached hydrogen (secondary N) is 1. The minimum absolute atomic E-state index is 0.415. The molecule has 0 fully saturated rings. The number of H-pyrrole nitrogens is 1. The molecule has 0 saturated heterocycles. The first-order valence-electron chi connectivity index (χ1n) is 7.56. The molecular formula is C18H14N6. The topological polar surface area (TPSA) is 83.2 Å². The van der Waals surface area contributed by atoms with Gasteiger partial charge in [0.05, 0.1) is 30.1 Å². The molecule has 6 heteroatoms. The molecule has 0 amide bonds. The number of hydrogen-bond acceptors (Lipinski definition) is 4. The molecule has 24 heavy (non-hydrogen) atoms. The smallest absolute Gasteiger partial charge is 0.141 e. The van der Waals surface area contributed by atoms with E-state index in [1.165, 1.54) is 0 Å². The number of nitriles is 1. The summed E-state index contributed by atoms with van der Waals surface area (Å²) in [4.78, 5) is 11.7. The maximum absolute atomic E-state index is 8.81. The highest BCUT2D eigenvalue weighted by Gasteiger charge is 2.11. The van der Waals surface area contributed by atoms with Gasteiger partial charge < -0.3 is 4.98 Å². The normalized spacial score (nSPS) is 10.8. The van der Waals surface area contributed by atoms with Gasteiger partial charge in [-0.15, -0.1) is 0 Å². The fourth-order valence-electron chi connectivity index (χ4n) is 2.86.